The van der Waals surface area contributed by atoms with E-state index in [2.05, 4.69) is 10.2 Å². The first-order valence-electron chi connectivity index (χ1n) is 8.89. The summed E-state index contributed by atoms with van der Waals surface area (Å²) < 4.78 is 17.7. The third-order valence-electron chi connectivity index (χ3n) is 4.85. The van der Waals surface area contributed by atoms with Gasteiger partial charge in [-0.15, -0.1) is 10.2 Å². The molecular formula is C17H29N3O3. The van der Waals surface area contributed by atoms with E-state index in [-0.39, 0.29) is 0 Å². The molecule has 0 unspecified atom stereocenters. The Morgan fingerprint density at radius 2 is 1.74 bits per heavy atom. The third kappa shape index (κ3) is 4.75. The molecule has 1 aromatic rings. The lowest BCUT2D eigenvalue weighted by Crippen LogP contribution is -2.34. The van der Waals surface area contributed by atoms with Crippen LogP contribution >= 0.6 is 0 Å². The molecule has 2 aliphatic rings. The summed E-state index contributed by atoms with van der Waals surface area (Å²) in [7, 11) is 3.97. The van der Waals surface area contributed by atoms with Crippen molar-refractivity contribution in [2.75, 3.05) is 27.3 Å². The quantitative estimate of drug-likeness (QED) is 0.769. The second kappa shape index (κ2) is 7.73. The molecule has 0 amide bonds. The minimum absolute atomic E-state index is 0.556. The molecule has 1 saturated heterocycles. The van der Waals surface area contributed by atoms with Gasteiger partial charge < -0.3 is 18.8 Å². The third-order valence-corrected chi connectivity index (χ3v) is 4.85. The highest BCUT2D eigenvalue weighted by atomic mass is 16.7. The molecule has 2 fully saturated rings. The predicted molar refractivity (Wildman–Crippen MR) is 85.8 cm³/mol. The van der Waals surface area contributed by atoms with Crippen molar-refractivity contribution in [3.8, 4) is 0 Å². The molecule has 0 bridgehead atoms. The zero-order valence-corrected chi connectivity index (χ0v) is 14.4. The van der Waals surface area contributed by atoms with E-state index in [1.165, 1.54) is 38.5 Å². The van der Waals surface area contributed by atoms with E-state index in [0.29, 0.717) is 38.0 Å². The van der Waals surface area contributed by atoms with Crippen molar-refractivity contribution in [1.82, 2.24) is 15.1 Å². The molecule has 1 aromatic heterocycles. The normalized spacial score (nSPS) is 22.0. The summed E-state index contributed by atoms with van der Waals surface area (Å²) in [6.07, 6.45) is 9.48. The highest BCUT2D eigenvalue weighted by Crippen LogP contribution is 2.34. The summed E-state index contributed by atoms with van der Waals surface area (Å²) in [5.41, 5.74) is 0. The van der Waals surface area contributed by atoms with E-state index < -0.39 is 5.79 Å². The van der Waals surface area contributed by atoms with Crippen molar-refractivity contribution in [3.05, 3.63) is 11.8 Å². The van der Waals surface area contributed by atoms with Gasteiger partial charge in [-0.25, -0.2) is 0 Å². The Hall–Kier alpha value is -0.980. The lowest BCUT2D eigenvalue weighted by molar-refractivity contribution is -0.166. The van der Waals surface area contributed by atoms with Gasteiger partial charge in [-0.2, -0.15) is 0 Å². The molecule has 6 heteroatoms. The molecule has 2 heterocycles. The van der Waals surface area contributed by atoms with Crippen LogP contribution in [0.15, 0.2) is 4.42 Å². The van der Waals surface area contributed by atoms with Crippen LogP contribution in [-0.4, -0.2) is 48.2 Å². The fraction of sp³-hybridized carbons (Fsp3) is 0.882. The summed E-state index contributed by atoms with van der Waals surface area (Å²) in [6, 6.07) is 0. The highest BCUT2D eigenvalue weighted by Gasteiger charge is 2.39. The second-order valence-electron chi connectivity index (χ2n) is 7.15. The van der Waals surface area contributed by atoms with Crippen LogP contribution in [0.2, 0.25) is 0 Å². The number of aromatic nitrogens is 2. The second-order valence-corrected chi connectivity index (χ2v) is 7.15. The van der Waals surface area contributed by atoms with Crippen molar-refractivity contribution in [2.24, 2.45) is 5.92 Å². The van der Waals surface area contributed by atoms with Crippen LogP contribution < -0.4 is 0 Å². The average Bonchev–Trinajstić information content (AvgIpc) is 3.16. The molecule has 0 spiro atoms. The van der Waals surface area contributed by atoms with E-state index in [1.54, 1.807) is 0 Å². The molecule has 0 aromatic carbocycles. The van der Waals surface area contributed by atoms with Gasteiger partial charge in [0.15, 0.2) is 5.79 Å². The average molecular weight is 323 g/mol. The summed E-state index contributed by atoms with van der Waals surface area (Å²) in [5, 5.41) is 8.28. The Bertz CT molecular complexity index is 477. The standard InChI is InChI=1S/C17H29N3O3/c1-20(2)13-16-19-18-15(23-16)12-17(21-10-11-22-17)9-8-14-6-4-3-5-7-14/h14H,3-13H2,1-2H3. The van der Waals surface area contributed by atoms with Crippen LogP contribution in [-0.2, 0) is 22.4 Å². The van der Waals surface area contributed by atoms with Gasteiger partial charge in [0.1, 0.15) is 0 Å². The van der Waals surface area contributed by atoms with Gasteiger partial charge in [-0.05, 0) is 26.4 Å². The first-order valence-corrected chi connectivity index (χ1v) is 8.89. The number of ether oxygens (including phenoxy) is 2. The van der Waals surface area contributed by atoms with Crippen LogP contribution in [0.25, 0.3) is 0 Å². The Balaban J connectivity index is 1.57. The minimum Gasteiger partial charge on any atom is -0.424 e. The Kier molecular flexibility index (Phi) is 5.67. The first kappa shape index (κ1) is 16.9. The molecule has 0 atom stereocenters. The maximum atomic E-state index is 5.97. The molecule has 1 aliphatic carbocycles. The number of hydrogen-bond acceptors (Lipinski definition) is 6. The number of rotatable bonds is 7. The van der Waals surface area contributed by atoms with Crippen molar-refractivity contribution in [3.63, 3.8) is 0 Å². The number of nitrogens with zero attached hydrogens (tertiary/aromatic N) is 3. The van der Waals surface area contributed by atoms with Gasteiger partial charge in [0, 0.05) is 6.42 Å². The van der Waals surface area contributed by atoms with Crippen molar-refractivity contribution >= 4 is 0 Å². The van der Waals surface area contributed by atoms with Crippen molar-refractivity contribution < 1.29 is 13.9 Å². The fourth-order valence-electron chi connectivity index (χ4n) is 3.66. The van der Waals surface area contributed by atoms with E-state index in [9.17, 15) is 0 Å². The van der Waals surface area contributed by atoms with Crippen molar-refractivity contribution in [1.29, 1.82) is 0 Å². The minimum atomic E-state index is -0.556. The molecule has 0 radical (unpaired) electrons. The summed E-state index contributed by atoms with van der Waals surface area (Å²) in [5.74, 6) is 1.53. The first-order chi connectivity index (χ1) is 11.2. The molecule has 3 rings (SSSR count). The molecule has 130 valence electrons. The summed E-state index contributed by atoms with van der Waals surface area (Å²) >= 11 is 0. The molecular weight excluding hydrogens is 294 g/mol. The lowest BCUT2D eigenvalue weighted by Gasteiger charge is -2.29. The highest BCUT2D eigenvalue weighted by molar-refractivity contribution is 4.90. The zero-order chi connectivity index (χ0) is 16.1. The van der Waals surface area contributed by atoms with Gasteiger partial charge in [-0.3, -0.25) is 0 Å². The maximum Gasteiger partial charge on any atom is 0.230 e. The van der Waals surface area contributed by atoms with Gasteiger partial charge in [0.2, 0.25) is 11.8 Å². The summed E-state index contributed by atoms with van der Waals surface area (Å²) in [6.45, 7) is 1.97. The monoisotopic (exact) mass is 323 g/mol. The van der Waals surface area contributed by atoms with Crippen LogP contribution in [0.3, 0.4) is 0 Å². The number of hydrogen-bond donors (Lipinski definition) is 0. The predicted octanol–water partition coefficient (Wildman–Crippen LogP) is 2.78. The van der Waals surface area contributed by atoms with Crippen LogP contribution in [0, 0.1) is 5.92 Å². The van der Waals surface area contributed by atoms with Crippen LogP contribution in [0.5, 0.6) is 0 Å². The molecule has 23 heavy (non-hydrogen) atoms. The van der Waals surface area contributed by atoms with Gasteiger partial charge in [0.25, 0.3) is 0 Å². The van der Waals surface area contributed by atoms with E-state index in [1.807, 2.05) is 19.0 Å². The Morgan fingerprint density at radius 1 is 1.04 bits per heavy atom. The topological polar surface area (TPSA) is 60.6 Å². The van der Waals surface area contributed by atoms with E-state index in [0.717, 1.165) is 12.3 Å². The van der Waals surface area contributed by atoms with E-state index in [4.69, 9.17) is 13.9 Å². The van der Waals surface area contributed by atoms with E-state index >= 15 is 0 Å². The Labute approximate surface area is 138 Å². The lowest BCUT2D eigenvalue weighted by atomic mass is 9.84. The zero-order valence-electron chi connectivity index (χ0n) is 14.4. The van der Waals surface area contributed by atoms with Gasteiger partial charge in [0.05, 0.1) is 26.2 Å². The SMILES string of the molecule is CN(C)Cc1nnc(CC2(CCC3CCCCC3)OCCO2)o1. The summed E-state index contributed by atoms with van der Waals surface area (Å²) in [4.78, 5) is 2.01. The molecule has 1 aliphatic heterocycles. The van der Waals surface area contributed by atoms with Crippen molar-refractivity contribution in [2.45, 2.75) is 63.7 Å². The smallest absolute Gasteiger partial charge is 0.230 e. The van der Waals surface area contributed by atoms with Crippen LogP contribution in [0.1, 0.15) is 56.7 Å². The Morgan fingerprint density at radius 3 is 2.43 bits per heavy atom. The van der Waals surface area contributed by atoms with Crippen LogP contribution in [0.4, 0.5) is 0 Å². The van der Waals surface area contributed by atoms with Gasteiger partial charge >= 0.3 is 0 Å². The maximum absolute atomic E-state index is 5.97. The fourth-order valence-corrected chi connectivity index (χ4v) is 3.66. The molecule has 6 nitrogen and oxygen atoms in total. The van der Waals surface area contributed by atoms with Gasteiger partial charge in [-0.1, -0.05) is 32.1 Å². The molecule has 0 N–H and O–H groups in total. The molecule has 1 saturated carbocycles. The largest absolute Gasteiger partial charge is 0.424 e.